The van der Waals surface area contributed by atoms with Crippen LogP contribution in [0.5, 0.6) is 5.75 Å². The number of hydrogen-bond donors (Lipinski definition) is 1. The predicted octanol–water partition coefficient (Wildman–Crippen LogP) is 4.43. The van der Waals surface area contributed by atoms with Crippen molar-refractivity contribution in [2.24, 2.45) is 5.41 Å². The van der Waals surface area contributed by atoms with Crippen molar-refractivity contribution >= 4 is 12.6 Å². The lowest BCUT2D eigenvalue weighted by Crippen LogP contribution is -2.32. The molecule has 2 aliphatic rings. The van der Waals surface area contributed by atoms with Gasteiger partial charge >= 0.3 is 0 Å². The van der Waals surface area contributed by atoms with Gasteiger partial charge in [0.05, 0.1) is 6.61 Å². The van der Waals surface area contributed by atoms with E-state index >= 15 is 0 Å². The fraction of sp³-hybridized carbons (Fsp3) is 0.647. The average Bonchev–Trinajstić information content (AvgIpc) is 2.93. The van der Waals surface area contributed by atoms with E-state index in [0.29, 0.717) is 5.41 Å². The van der Waals surface area contributed by atoms with Crippen LogP contribution in [0.4, 0.5) is 0 Å². The zero-order chi connectivity index (χ0) is 13.1. The lowest BCUT2D eigenvalue weighted by atomic mass is 9.76. The van der Waals surface area contributed by atoms with Gasteiger partial charge in [-0.05, 0) is 61.1 Å². The normalized spacial score (nSPS) is 21.1. The van der Waals surface area contributed by atoms with E-state index in [1.165, 1.54) is 62.5 Å². The monoisotopic (exact) mass is 276 g/mol. The van der Waals surface area contributed by atoms with Gasteiger partial charge in [-0.3, -0.25) is 0 Å². The summed E-state index contributed by atoms with van der Waals surface area (Å²) in [5, 5.41) is 0. The number of ether oxygens (including phenoxy) is 1. The molecule has 0 radical (unpaired) electrons. The SMILES string of the molecule is SCC1(COc2ccc3c(c2)CCC3)CCCCC1. The van der Waals surface area contributed by atoms with Crippen molar-refractivity contribution in [3.63, 3.8) is 0 Å². The summed E-state index contributed by atoms with van der Waals surface area (Å²) in [7, 11) is 0. The van der Waals surface area contributed by atoms with E-state index < -0.39 is 0 Å². The van der Waals surface area contributed by atoms with Crippen LogP contribution in [0.25, 0.3) is 0 Å². The Labute approximate surface area is 122 Å². The summed E-state index contributed by atoms with van der Waals surface area (Å²) in [6.07, 6.45) is 10.4. The van der Waals surface area contributed by atoms with Gasteiger partial charge in [0, 0.05) is 5.41 Å². The largest absolute Gasteiger partial charge is 0.493 e. The van der Waals surface area contributed by atoms with E-state index in [-0.39, 0.29) is 0 Å². The molecular formula is C17H24OS. The van der Waals surface area contributed by atoms with E-state index in [4.69, 9.17) is 4.74 Å². The van der Waals surface area contributed by atoms with Crippen LogP contribution in [0.3, 0.4) is 0 Å². The summed E-state index contributed by atoms with van der Waals surface area (Å²) in [6, 6.07) is 6.67. The van der Waals surface area contributed by atoms with Gasteiger partial charge in [-0.15, -0.1) is 0 Å². The second-order valence-corrected chi connectivity index (χ2v) is 6.61. The van der Waals surface area contributed by atoms with Crippen molar-refractivity contribution < 1.29 is 4.74 Å². The molecule has 2 heteroatoms. The maximum Gasteiger partial charge on any atom is 0.119 e. The van der Waals surface area contributed by atoms with Crippen molar-refractivity contribution in [3.05, 3.63) is 29.3 Å². The molecule has 104 valence electrons. The Hall–Kier alpha value is -0.630. The van der Waals surface area contributed by atoms with E-state index in [9.17, 15) is 0 Å². The summed E-state index contributed by atoms with van der Waals surface area (Å²) in [5.74, 6) is 2.02. The van der Waals surface area contributed by atoms with Crippen molar-refractivity contribution in [2.75, 3.05) is 12.4 Å². The van der Waals surface area contributed by atoms with Crippen LogP contribution in [0.2, 0.25) is 0 Å². The first-order valence-electron chi connectivity index (χ1n) is 7.67. The molecule has 0 N–H and O–H groups in total. The molecule has 1 aromatic rings. The summed E-state index contributed by atoms with van der Waals surface area (Å²) in [6.45, 7) is 0.843. The predicted molar refractivity (Wildman–Crippen MR) is 83.3 cm³/mol. The van der Waals surface area contributed by atoms with Crippen LogP contribution in [0.15, 0.2) is 18.2 Å². The minimum atomic E-state index is 0.320. The van der Waals surface area contributed by atoms with Crippen molar-refractivity contribution in [1.29, 1.82) is 0 Å². The Balaban J connectivity index is 1.65. The summed E-state index contributed by atoms with van der Waals surface area (Å²) < 4.78 is 6.12. The van der Waals surface area contributed by atoms with Crippen LogP contribution in [0, 0.1) is 5.41 Å². The number of rotatable bonds is 4. The summed E-state index contributed by atoms with van der Waals surface area (Å²) in [5.41, 5.74) is 3.34. The molecule has 0 spiro atoms. The second-order valence-electron chi connectivity index (χ2n) is 6.29. The third-order valence-electron chi connectivity index (χ3n) is 4.86. The number of thiol groups is 1. The minimum Gasteiger partial charge on any atom is -0.493 e. The Morgan fingerprint density at radius 3 is 2.58 bits per heavy atom. The summed E-state index contributed by atoms with van der Waals surface area (Å²) in [4.78, 5) is 0. The molecule has 2 aliphatic carbocycles. The molecule has 0 atom stereocenters. The van der Waals surface area contributed by atoms with Crippen molar-refractivity contribution in [1.82, 2.24) is 0 Å². The highest BCUT2D eigenvalue weighted by Crippen LogP contribution is 2.38. The topological polar surface area (TPSA) is 9.23 Å². The van der Waals surface area contributed by atoms with Gasteiger partial charge in [0.1, 0.15) is 5.75 Å². The van der Waals surface area contributed by atoms with Gasteiger partial charge in [0.25, 0.3) is 0 Å². The van der Waals surface area contributed by atoms with Crippen LogP contribution in [-0.2, 0) is 12.8 Å². The van der Waals surface area contributed by atoms with Crippen molar-refractivity contribution in [3.8, 4) is 5.75 Å². The highest BCUT2D eigenvalue weighted by atomic mass is 32.1. The number of aryl methyl sites for hydroxylation is 2. The van der Waals surface area contributed by atoms with Crippen LogP contribution in [-0.4, -0.2) is 12.4 Å². The van der Waals surface area contributed by atoms with Gasteiger partial charge in [-0.25, -0.2) is 0 Å². The number of fused-ring (bicyclic) bond motifs is 1. The van der Waals surface area contributed by atoms with Gasteiger partial charge < -0.3 is 4.74 Å². The molecule has 1 saturated carbocycles. The molecule has 1 aromatic carbocycles. The molecule has 0 unspecified atom stereocenters. The smallest absolute Gasteiger partial charge is 0.119 e. The zero-order valence-corrected chi connectivity index (χ0v) is 12.6. The molecule has 0 bridgehead atoms. The molecular weight excluding hydrogens is 252 g/mol. The van der Waals surface area contributed by atoms with Crippen LogP contribution < -0.4 is 4.74 Å². The zero-order valence-electron chi connectivity index (χ0n) is 11.7. The number of hydrogen-bond acceptors (Lipinski definition) is 2. The third-order valence-corrected chi connectivity index (χ3v) is 5.54. The average molecular weight is 276 g/mol. The Morgan fingerprint density at radius 2 is 1.79 bits per heavy atom. The van der Waals surface area contributed by atoms with E-state index in [2.05, 4.69) is 30.8 Å². The Bertz CT molecular complexity index is 435. The number of benzene rings is 1. The molecule has 19 heavy (non-hydrogen) atoms. The van der Waals surface area contributed by atoms with Gasteiger partial charge in [-0.2, -0.15) is 12.6 Å². The summed E-state index contributed by atoms with van der Waals surface area (Å²) >= 11 is 4.58. The van der Waals surface area contributed by atoms with E-state index in [1.54, 1.807) is 0 Å². The third kappa shape index (κ3) is 2.94. The van der Waals surface area contributed by atoms with Gasteiger partial charge in [0.15, 0.2) is 0 Å². The highest BCUT2D eigenvalue weighted by molar-refractivity contribution is 7.80. The Morgan fingerprint density at radius 1 is 1.00 bits per heavy atom. The quantitative estimate of drug-likeness (QED) is 0.800. The first-order chi connectivity index (χ1) is 9.31. The fourth-order valence-electron chi connectivity index (χ4n) is 3.52. The highest BCUT2D eigenvalue weighted by Gasteiger charge is 2.31. The molecule has 0 aliphatic heterocycles. The standard InChI is InChI=1S/C17H24OS/c19-13-17(9-2-1-3-10-17)12-18-16-8-7-14-5-4-6-15(14)11-16/h7-8,11,19H,1-6,9-10,12-13H2. The fourth-order valence-corrected chi connectivity index (χ4v) is 3.93. The van der Waals surface area contributed by atoms with Gasteiger partial charge in [0.2, 0.25) is 0 Å². The lowest BCUT2D eigenvalue weighted by Gasteiger charge is -2.35. The molecule has 0 amide bonds. The molecule has 0 saturated heterocycles. The molecule has 0 aromatic heterocycles. The maximum atomic E-state index is 6.12. The van der Waals surface area contributed by atoms with Crippen LogP contribution >= 0.6 is 12.6 Å². The van der Waals surface area contributed by atoms with E-state index in [1.807, 2.05) is 0 Å². The van der Waals surface area contributed by atoms with Crippen molar-refractivity contribution in [2.45, 2.75) is 51.4 Å². The lowest BCUT2D eigenvalue weighted by molar-refractivity contribution is 0.121. The first-order valence-corrected chi connectivity index (χ1v) is 8.30. The molecule has 1 fully saturated rings. The van der Waals surface area contributed by atoms with E-state index in [0.717, 1.165) is 18.1 Å². The molecule has 0 heterocycles. The molecule has 3 rings (SSSR count). The first kappa shape index (κ1) is 13.4. The second kappa shape index (κ2) is 5.78. The van der Waals surface area contributed by atoms with Crippen LogP contribution in [0.1, 0.15) is 49.7 Å². The Kier molecular flexibility index (Phi) is 4.07. The molecule has 1 nitrogen and oxygen atoms in total. The minimum absolute atomic E-state index is 0.320. The van der Waals surface area contributed by atoms with Gasteiger partial charge in [-0.1, -0.05) is 25.3 Å². The maximum absolute atomic E-state index is 6.12.